The zero-order valence-corrected chi connectivity index (χ0v) is 24.2. The second-order valence-electron chi connectivity index (χ2n) is 10.4. The molecule has 0 bridgehead atoms. The quantitative estimate of drug-likeness (QED) is 0.248. The Balaban J connectivity index is 1.67. The molecule has 9 heteroatoms. The summed E-state index contributed by atoms with van der Waals surface area (Å²) in [6.07, 6.45) is 13.2. The first kappa shape index (κ1) is 29.3. The van der Waals surface area contributed by atoms with Crippen molar-refractivity contribution >= 4 is 39.6 Å². The maximum Gasteiger partial charge on any atom is 0.302 e. The lowest BCUT2D eigenvalue weighted by molar-refractivity contribution is -0.151. The van der Waals surface area contributed by atoms with Crippen LogP contribution in [-0.2, 0) is 14.3 Å². The molecule has 39 heavy (non-hydrogen) atoms. The van der Waals surface area contributed by atoms with Gasteiger partial charge in [-0.15, -0.1) is 0 Å². The molecule has 1 fully saturated rings. The van der Waals surface area contributed by atoms with Gasteiger partial charge in [0.1, 0.15) is 11.9 Å². The van der Waals surface area contributed by atoms with E-state index in [-0.39, 0.29) is 65.5 Å². The summed E-state index contributed by atoms with van der Waals surface area (Å²) >= 11 is 0. The highest BCUT2D eigenvalue weighted by molar-refractivity contribution is 8.76. The third-order valence-corrected chi connectivity index (χ3v) is 10.3. The zero-order chi connectivity index (χ0) is 27.9. The van der Waals surface area contributed by atoms with Crippen LogP contribution in [-0.4, -0.2) is 59.4 Å². The summed E-state index contributed by atoms with van der Waals surface area (Å²) in [6.45, 7) is 4.25. The van der Waals surface area contributed by atoms with Gasteiger partial charge in [-0.2, -0.15) is 0 Å². The van der Waals surface area contributed by atoms with Crippen LogP contribution in [0.15, 0.2) is 53.1 Å². The number of esters is 1. The average molecular weight is 572 g/mol. The molecule has 3 aliphatic rings. The Morgan fingerprint density at radius 1 is 1.13 bits per heavy atom. The van der Waals surface area contributed by atoms with Crippen LogP contribution in [0, 0.1) is 23.7 Å². The second kappa shape index (κ2) is 13.6. The predicted molar refractivity (Wildman–Crippen MR) is 158 cm³/mol. The van der Waals surface area contributed by atoms with E-state index in [4.69, 9.17) is 9.47 Å². The number of Topliss-reactive ketones (excluding diaryl/α,β-unsaturated/α-hetero) is 1. The SMILES string of the molecule is COc1cc(C2CSSCC(C3=CCN=C3)C(CC3C=CC=CC3C)C(OC(C)=O)CC(=O)C2)cc(O)c1O. The molecule has 4 rings (SSSR count). The van der Waals surface area contributed by atoms with E-state index >= 15 is 0 Å². The van der Waals surface area contributed by atoms with Crippen molar-refractivity contribution in [3.63, 3.8) is 0 Å². The summed E-state index contributed by atoms with van der Waals surface area (Å²) in [5.74, 6) is 1.03. The summed E-state index contributed by atoms with van der Waals surface area (Å²) in [6, 6.07) is 3.18. The van der Waals surface area contributed by atoms with Gasteiger partial charge in [0.15, 0.2) is 11.5 Å². The lowest BCUT2D eigenvalue weighted by Crippen LogP contribution is -2.37. The Morgan fingerprint density at radius 2 is 1.90 bits per heavy atom. The molecule has 0 radical (unpaired) electrons. The second-order valence-corrected chi connectivity index (χ2v) is 13.0. The van der Waals surface area contributed by atoms with Crippen molar-refractivity contribution < 1.29 is 29.3 Å². The van der Waals surface area contributed by atoms with Gasteiger partial charge in [-0.05, 0) is 41.5 Å². The first-order valence-corrected chi connectivity index (χ1v) is 15.8. The zero-order valence-electron chi connectivity index (χ0n) is 22.6. The van der Waals surface area contributed by atoms with Crippen LogP contribution in [0.2, 0.25) is 0 Å². The number of methoxy groups -OCH3 is 1. The number of aliphatic imine (C=N–C) groups is 1. The summed E-state index contributed by atoms with van der Waals surface area (Å²) < 4.78 is 11.2. The molecule has 2 heterocycles. The van der Waals surface area contributed by atoms with E-state index in [1.807, 2.05) is 6.21 Å². The number of phenols is 2. The summed E-state index contributed by atoms with van der Waals surface area (Å²) in [5.41, 5.74) is 1.86. The minimum atomic E-state index is -0.562. The third kappa shape index (κ3) is 7.51. The van der Waals surface area contributed by atoms with E-state index in [9.17, 15) is 19.8 Å². The molecule has 210 valence electrons. The predicted octanol–water partition coefficient (Wildman–Crippen LogP) is 5.88. The van der Waals surface area contributed by atoms with Gasteiger partial charge in [0.25, 0.3) is 0 Å². The number of carbonyl (C=O) groups excluding carboxylic acids is 2. The van der Waals surface area contributed by atoms with E-state index in [2.05, 4.69) is 42.3 Å². The van der Waals surface area contributed by atoms with Gasteiger partial charge in [0.05, 0.1) is 13.7 Å². The fourth-order valence-electron chi connectivity index (χ4n) is 5.64. The van der Waals surface area contributed by atoms with Gasteiger partial charge in [0, 0.05) is 55.2 Å². The molecule has 0 amide bonds. The number of ether oxygens (including phenoxy) is 2. The van der Waals surface area contributed by atoms with Crippen molar-refractivity contribution in [2.45, 2.75) is 45.1 Å². The van der Waals surface area contributed by atoms with Crippen molar-refractivity contribution in [3.05, 3.63) is 53.6 Å². The molecule has 7 nitrogen and oxygen atoms in total. The molecular weight excluding hydrogens is 534 g/mol. The Bertz CT molecular complexity index is 1180. The monoisotopic (exact) mass is 571 g/mol. The molecular formula is C30H37NO6S2. The van der Waals surface area contributed by atoms with E-state index < -0.39 is 6.10 Å². The molecule has 2 aliphatic heterocycles. The molecule has 1 aliphatic carbocycles. The summed E-state index contributed by atoms with van der Waals surface area (Å²) in [4.78, 5) is 30.4. The first-order valence-electron chi connectivity index (χ1n) is 13.3. The van der Waals surface area contributed by atoms with Gasteiger partial charge >= 0.3 is 5.97 Å². The molecule has 0 spiro atoms. The molecule has 2 N–H and O–H groups in total. The minimum absolute atomic E-state index is 0.00442. The number of nitrogens with zero attached hydrogens (tertiary/aromatic N) is 1. The molecule has 0 saturated carbocycles. The van der Waals surface area contributed by atoms with Crippen molar-refractivity contribution in [1.82, 2.24) is 0 Å². The van der Waals surface area contributed by atoms with Gasteiger partial charge in [-0.3, -0.25) is 14.6 Å². The maximum atomic E-state index is 13.6. The fraction of sp³-hybridized carbons (Fsp3) is 0.500. The van der Waals surface area contributed by atoms with E-state index in [1.165, 1.54) is 20.1 Å². The number of hydrogen-bond acceptors (Lipinski definition) is 9. The fourth-order valence-corrected chi connectivity index (χ4v) is 8.40. The van der Waals surface area contributed by atoms with Gasteiger partial charge in [-0.25, -0.2) is 0 Å². The van der Waals surface area contributed by atoms with Crippen molar-refractivity contribution in [2.75, 3.05) is 25.2 Å². The minimum Gasteiger partial charge on any atom is -0.504 e. The topological polar surface area (TPSA) is 105 Å². The molecule has 1 aromatic carbocycles. The number of allylic oxidation sites excluding steroid dienone is 5. The smallest absolute Gasteiger partial charge is 0.302 e. The van der Waals surface area contributed by atoms with Crippen molar-refractivity contribution in [3.8, 4) is 17.2 Å². The van der Waals surface area contributed by atoms with Crippen molar-refractivity contribution in [1.29, 1.82) is 0 Å². The maximum absolute atomic E-state index is 13.6. The Hall–Kier alpha value is -2.65. The summed E-state index contributed by atoms with van der Waals surface area (Å²) in [5, 5.41) is 20.4. The first-order chi connectivity index (χ1) is 18.8. The highest BCUT2D eigenvalue weighted by atomic mass is 33.1. The largest absolute Gasteiger partial charge is 0.504 e. The highest BCUT2D eigenvalue weighted by Gasteiger charge is 2.38. The molecule has 1 aromatic rings. The molecule has 6 atom stereocenters. The number of hydrogen-bond donors (Lipinski definition) is 2. The van der Waals surface area contributed by atoms with Crippen LogP contribution < -0.4 is 4.74 Å². The van der Waals surface area contributed by atoms with E-state index in [0.29, 0.717) is 18.2 Å². The van der Waals surface area contributed by atoms with Gasteiger partial charge in [-0.1, -0.05) is 58.9 Å². The summed E-state index contributed by atoms with van der Waals surface area (Å²) in [7, 11) is 4.86. The van der Waals surface area contributed by atoms with E-state index in [0.717, 1.165) is 23.3 Å². The molecule has 1 saturated heterocycles. The van der Waals surface area contributed by atoms with Crippen LogP contribution in [0.1, 0.15) is 44.6 Å². The lowest BCUT2D eigenvalue weighted by Gasteiger charge is -2.36. The van der Waals surface area contributed by atoms with Crippen molar-refractivity contribution in [2.24, 2.45) is 28.7 Å². The molecule has 6 unspecified atom stereocenters. The Kier molecular flexibility index (Phi) is 10.2. The number of carbonyl (C=O) groups is 2. The van der Waals surface area contributed by atoms with Crippen LogP contribution >= 0.6 is 21.6 Å². The van der Waals surface area contributed by atoms with Crippen LogP contribution in [0.25, 0.3) is 0 Å². The standard InChI is InChI=1S/C30H37NO6S2/c1-18-6-4-5-7-20(18)11-25-26(21-8-9-31-15-21)17-39-38-16-23(10-24(33)14-28(25)37-19(2)32)22-12-27(34)30(35)29(13-22)36-3/h4-8,12-13,15,18,20,23,25-26,28,34-35H,9-11,14,16-17H2,1-3H3. The number of benzene rings is 1. The van der Waals surface area contributed by atoms with Gasteiger partial charge in [0.2, 0.25) is 5.75 Å². The molecule has 0 aromatic heterocycles. The van der Waals surface area contributed by atoms with Crippen LogP contribution in [0.3, 0.4) is 0 Å². The normalized spacial score (nSPS) is 29.5. The number of aromatic hydroxyl groups is 2. The average Bonchev–Trinajstić information content (AvgIpc) is 3.42. The van der Waals surface area contributed by atoms with Crippen LogP contribution in [0.4, 0.5) is 0 Å². The lowest BCUT2D eigenvalue weighted by atomic mass is 9.73. The number of ketones is 1. The van der Waals surface area contributed by atoms with E-state index in [1.54, 1.807) is 27.7 Å². The number of rotatable bonds is 6. The van der Waals surface area contributed by atoms with Crippen LogP contribution in [0.5, 0.6) is 17.2 Å². The third-order valence-electron chi connectivity index (χ3n) is 7.79. The number of phenolic OH excluding ortho intramolecular Hbond substituents is 2. The van der Waals surface area contributed by atoms with Gasteiger partial charge < -0.3 is 19.7 Å². The Morgan fingerprint density at radius 3 is 2.59 bits per heavy atom. The highest BCUT2D eigenvalue weighted by Crippen LogP contribution is 2.44. The Labute approximate surface area is 238 Å².